The largest absolute Gasteiger partial charge is 0.368 e. The molecule has 1 aliphatic heterocycles. The minimum absolute atomic E-state index is 0.215. The maximum absolute atomic E-state index is 6.40. The Bertz CT molecular complexity index is 432. The van der Waals surface area contributed by atoms with E-state index in [0.29, 0.717) is 0 Å². The van der Waals surface area contributed by atoms with Crippen LogP contribution < -0.4 is 10.2 Å². The number of rotatable bonds is 3. The topological polar surface area (TPSA) is 15.3 Å². The summed E-state index contributed by atoms with van der Waals surface area (Å²) in [5.74, 6) is 0. The summed E-state index contributed by atoms with van der Waals surface area (Å²) in [6.45, 7) is 7.72. The molecule has 2 rings (SSSR count). The summed E-state index contributed by atoms with van der Waals surface area (Å²) in [4.78, 5) is 2.43. The molecule has 1 N–H and O–H groups in total. The molecule has 1 aromatic rings. The summed E-state index contributed by atoms with van der Waals surface area (Å²) in [6, 6.07) is 6.17. The third kappa shape index (κ3) is 3.45. The van der Waals surface area contributed by atoms with Gasteiger partial charge in [0.1, 0.15) is 0 Å². The van der Waals surface area contributed by atoms with Gasteiger partial charge in [0, 0.05) is 23.1 Å². The van der Waals surface area contributed by atoms with Gasteiger partial charge >= 0.3 is 0 Å². The molecule has 1 heterocycles. The second-order valence-corrected chi connectivity index (χ2v) is 6.61. The highest BCUT2D eigenvalue weighted by Gasteiger charge is 2.30. The van der Waals surface area contributed by atoms with Gasteiger partial charge < -0.3 is 10.2 Å². The van der Waals surface area contributed by atoms with E-state index in [-0.39, 0.29) is 5.54 Å². The zero-order valence-corrected chi connectivity index (χ0v) is 14.0. The van der Waals surface area contributed by atoms with Crippen LogP contribution in [0.25, 0.3) is 0 Å². The fraction of sp³-hybridized carbons (Fsp3) is 0.600. The van der Waals surface area contributed by atoms with Crippen LogP contribution in [0.1, 0.15) is 33.1 Å². The average Bonchev–Trinajstić information content (AvgIpc) is 2.62. The van der Waals surface area contributed by atoms with Crippen molar-refractivity contribution in [3.63, 3.8) is 0 Å². The number of anilines is 1. The Morgan fingerprint density at radius 3 is 2.74 bits per heavy atom. The molecular weight excluding hydrogens is 324 g/mol. The molecule has 1 aliphatic rings. The van der Waals surface area contributed by atoms with E-state index in [2.05, 4.69) is 52.1 Å². The Hall–Kier alpha value is -0.250. The molecule has 0 spiro atoms. The Morgan fingerprint density at radius 1 is 1.37 bits per heavy atom. The first-order chi connectivity index (χ1) is 9.10. The fourth-order valence-corrected chi connectivity index (χ4v) is 3.58. The Balaban J connectivity index is 2.27. The molecule has 0 aliphatic carbocycles. The summed E-state index contributed by atoms with van der Waals surface area (Å²) >= 11 is 9.87. The molecule has 19 heavy (non-hydrogen) atoms. The quantitative estimate of drug-likeness (QED) is 0.870. The lowest BCUT2D eigenvalue weighted by Crippen LogP contribution is -2.50. The molecule has 0 amide bonds. The summed E-state index contributed by atoms with van der Waals surface area (Å²) in [5, 5.41) is 4.56. The monoisotopic (exact) mass is 344 g/mol. The molecule has 2 nitrogen and oxygen atoms in total. The molecule has 0 aromatic heterocycles. The molecule has 0 atom stereocenters. The number of hydrogen-bond donors (Lipinski definition) is 1. The maximum atomic E-state index is 6.40. The van der Waals surface area contributed by atoms with Crippen molar-refractivity contribution >= 4 is 33.2 Å². The van der Waals surface area contributed by atoms with Gasteiger partial charge in [0.05, 0.1) is 10.7 Å². The van der Waals surface area contributed by atoms with Crippen LogP contribution in [0, 0.1) is 0 Å². The molecule has 0 radical (unpaired) electrons. The van der Waals surface area contributed by atoms with Crippen LogP contribution in [0.5, 0.6) is 0 Å². The molecule has 0 unspecified atom stereocenters. The molecule has 4 heteroatoms. The fourth-order valence-electron chi connectivity index (χ4n) is 2.79. The van der Waals surface area contributed by atoms with Gasteiger partial charge in [0.25, 0.3) is 0 Å². The van der Waals surface area contributed by atoms with E-state index in [1.54, 1.807) is 0 Å². The van der Waals surface area contributed by atoms with Crippen molar-refractivity contribution < 1.29 is 0 Å². The van der Waals surface area contributed by atoms with Crippen molar-refractivity contribution in [1.29, 1.82) is 0 Å². The van der Waals surface area contributed by atoms with Gasteiger partial charge in [-0.25, -0.2) is 0 Å². The Morgan fingerprint density at radius 2 is 2.11 bits per heavy atom. The van der Waals surface area contributed by atoms with Crippen LogP contribution in [-0.2, 0) is 0 Å². The molecule has 0 bridgehead atoms. The smallest absolute Gasteiger partial charge is 0.0650 e. The van der Waals surface area contributed by atoms with Gasteiger partial charge in [-0.05, 0) is 44.0 Å². The van der Waals surface area contributed by atoms with Crippen molar-refractivity contribution in [2.45, 2.75) is 38.6 Å². The first-order valence-electron chi connectivity index (χ1n) is 7.05. The lowest BCUT2D eigenvalue weighted by Gasteiger charge is -2.36. The van der Waals surface area contributed by atoms with Crippen LogP contribution >= 0.6 is 27.5 Å². The lowest BCUT2D eigenvalue weighted by atomic mass is 9.92. The van der Waals surface area contributed by atoms with E-state index < -0.39 is 0 Å². The van der Waals surface area contributed by atoms with E-state index in [1.807, 2.05) is 6.07 Å². The molecule has 1 fully saturated rings. The number of benzene rings is 1. The molecule has 1 saturated heterocycles. The zero-order valence-electron chi connectivity index (χ0n) is 11.7. The van der Waals surface area contributed by atoms with E-state index in [9.17, 15) is 0 Å². The average molecular weight is 346 g/mol. The van der Waals surface area contributed by atoms with Crippen molar-refractivity contribution in [2.24, 2.45) is 0 Å². The minimum Gasteiger partial charge on any atom is -0.368 e. The van der Waals surface area contributed by atoms with Gasteiger partial charge in [0.15, 0.2) is 0 Å². The van der Waals surface area contributed by atoms with Crippen LogP contribution in [0.3, 0.4) is 0 Å². The third-order valence-electron chi connectivity index (χ3n) is 4.20. The summed E-state index contributed by atoms with van der Waals surface area (Å²) in [5.41, 5.74) is 1.37. The number of nitrogens with zero attached hydrogens (tertiary/aromatic N) is 1. The van der Waals surface area contributed by atoms with E-state index in [0.717, 1.165) is 54.1 Å². The predicted molar refractivity (Wildman–Crippen MR) is 87.3 cm³/mol. The van der Waals surface area contributed by atoms with Crippen LogP contribution in [-0.4, -0.2) is 25.2 Å². The molecular formula is C15H22BrClN2. The van der Waals surface area contributed by atoms with Crippen LogP contribution in [0.4, 0.5) is 5.69 Å². The highest BCUT2D eigenvalue weighted by molar-refractivity contribution is 9.10. The first-order valence-corrected chi connectivity index (χ1v) is 8.22. The normalized spacial score (nSPS) is 19.3. The van der Waals surface area contributed by atoms with Gasteiger partial charge in [-0.2, -0.15) is 0 Å². The maximum Gasteiger partial charge on any atom is 0.0650 e. The van der Waals surface area contributed by atoms with Crippen molar-refractivity contribution in [3.8, 4) is 0 Å². The second-order valence-electron chi connectivity index (χ2n) is 5.29. The Kier molecular flexibility index (Phi) is 5.15. The van der Waals surface area contributed by atoms with Crippen LogP contribution in [0.2, 0.25) is 5.02 Å². The van der Waals surface area contributed by atoms with Crippen molar-refractivity contribution in [3.05, 3.63) is 27.7 Å². The first kappa shape index (κ1) is 15.1. The Labute approximate surface area is 129 Å². The molecule has 0 saturated carbocycles. The van der Waals surface area contributed by atoms with Gasteiger partial charge in [-0.1, -0.05) is 41.4 Å². The van der Waals surface area contributed by atoms with Gasteiger partial charge in [0.2, 0.25) is 0 Å². The summed E-state index contributed by atoms with van der Waals surface area (Å²) < 4.78 is 1.03. The van der Waals surface area contributed by atoms with E-state index >= 15 is 0 Å². The SMILES string of the molecule is CCC1(CC)CN(c2ccc(Br)cc2Cl)CCCN1. The van der Waals surface area contributed by atoms with Crippen LogP contribution in [0.15, 0.2) is 22.7 Å². The number of nitrogens with one attached hydrogen (secondary N) is 1. The van der Waals surface area contributed by atoms with Gasteiger partial charge in [-0.3, -0.25) is 0 Å². The second kappa shape index (κ2) is 6.47. The highest BCUT2D eigenvalue weighted by atomic mass is 79.9. The number of halogens is 2. The van der Waals surface area contributed by atoms with Crippen molar-refractivity contribution in [1.82, 2.24) is 5.32 Å². The molecule has 1 aromatic carbocycles. The zero-order chi connectivity index (χ0) is 13.9. The number of hydrogen-bond acceptors (Lipinski definition) is 2. The molecule has 106 valence electrons. The minimum atomic E-state index is 0.215. The lowest BCUT2D eigenvalue weighted by molar-refractivity contribution is 0.321. The van der Waals surface area contributed by atoms with Gasteiger partial charge in [-0.15, -0.1) is 0 Å². The third-order valence-corrected chi connectivity index (χ3v) is 5.00. The summed E-state index contributed by atoms with van der Waals surface area (Å²) in [6.07, 6.45) is 3.45. The standard InChI is InChI=1S/C15H22BrClN2/c1-3-15(4-2)11-19(9-5-8-18-15)14-7-6-12(16)10-13(14)17/h6-7,10,18H,3-5,8-9,11H2,1-2H3. The predicted octanol–water partition coefficient (Wildman–Crippen LogP) is 4.46. The van der Waals surface area contributed by atoms with E-state index in [1.165, 1.54) is 0 Å². The van der Waals surface area contributed by atoms with Crippen molar-refractivity contribution in [2.75, 3.05) is 24.5 Å². The highest BCUT2D eigenvalue weighted by Crippen LogP contribution is 2.32. The summed E-state index contributed by atoms with van der Waals surface area (Å²) in [7, 11) is 0. The van der Waals surface area contributed by atoms with E-state index in [4.69, 9.17) is 11.6 Å².